The van der Waals surface area contributed by atoms with Gasteiger partial charge < -0.3 is 10.2 Å². The van der Waals surface area contributed by atoms with Gasteiger partial charge in [-0.25, -0.2) is 4.98 Å². The number of hydrogen-bond acceptors (Lipinski definition) is 4. The highest BCUT2D eigenvalue weighted by Crippen LogP contribution is 2.10. The van der Waals surface area contributed by atoms with Crippen LogP contribution < -0.4 is 5.32 Å². The predicted octanol–water partition coefficient (Wildman–Crippen LogP) is 2.20. The molecule has 0 spiro atoms. The molecule has 5 nitrogen and oxygen atoms in total. The summed E-state index contributed by atoms with van der Waals surface area (Å²) in [5.41, 5.74) is 0. The molecule has 0 atom stereocenters. The normalized spacial score (nSPS) is 15.6. The summed E-state index contributed by atoms with van der Waals surface area (Å²) < 4.78 is 0.902. The zero-order valence-corrected chi connectivity index (χ0v) is 14.1. The highest BCUT2D eigenvalue weighted by atomic mass is 79.9. The lowest BCUT2D eigenvalue weighted by atomic mass is 10.3. The van der Waals surface area contributed by atoms with Gasteiger partial charge in [0.15, 0.2) is 0 Å². The molecule has 1 amide bonds. The van der Waals surface area contributed by atoms with Crippen molar-refractivity contribution in [3.05, 3.63) is 22.8 Å². The molecule has 0 unspecified atom stereocenters. The first-order chi connectivity index (χ1) is 10.1. The molecule has 0 aromatic carbocycles. The van der Waals surface area contributed by atoms with Gasteiger partial charge in [-0.3, -0.25) is 9.69 Å². The second-order valence-electron chi connectivity index (χ2n) is 5.55. The number of likely N-dealkylation sites (tertiary alicyclic amines) is 1. The fraction of sp³-hybridized carbons (Fsp3) is 0.600. The molecule has 1 aliphatic heterocycles. The number of hydrogen-bond donors (Lipinski definition) is 1. The summed E-state index contributed by atoms with van der Waals surface area (Å²) in [4.78, 5) is 20.6. The van der Waals surface area contributed by atoms with E-state index in [1.165, 1.54) is 25.9 Å². The molecule has 1 N–H and O–H groups in total. The van der Waals surface area contributed by atoms with Crippen molar-refractivity contribution in [2.75, 3.05) is 45.1 Å². The average Bonchev–Trinajstić information content (AvgIpc) is 2.94. The molecule has 6 heteroatoms. The van der Waals surface area contributed by atoms with E-state index in [1.54, 1.807) is 12.3 Å². The lowest BCUT2D eigenvalue weighted by molar-refractivity contribution is -0.117. The fourth-order valence-electron chi connectivity index (χ4n) is 2.53. The summed E-state index contributed by atoms with van der Waals surface area (Å²) in [5, 5.41) is 2.81. The summed E-state index contributed by atoms with van der Waals surface area (Å²) in [5.74, 6) is 0.571. The van der Waals surface area contributed by atoms with E-state index in [0.717, 1.165) is 24.0 Å². The molecule has 1 aliphatic rings. The van der Waals surface area contributed by atoms with Gasteiger partial charge in [-0.2, -0.15) is 0 Å². The number of aromatic nitrogens is 1. The van der Waals surface area contributed by atoms with Gasteiger partial charge >= 0.3 is 0 Å². The summed E-state index contributed by atoms with van der Waals surface area (Å²) in [6, 6.07) is 3.65. The van der Waals surface area contributed by atoms with Gasteiger partial charge in [0.25, 0.3) is 0 Å². The number of likely N-dealkylation sites (N-methyl/N-ethyl adjacent to an activating group) is 1. The van der Waals surface area contributed by atoms with Crippen LogP contribution in [0.15, 0.2) is 22.8 Å². The lowest BCUT2D eigenvalue weighted by Gasteiger charge is -2.19. The summed E-state index contributed by atoms with van der Waals surface area (Å²) >= 11 is 3.32. The number of rotatable bonds is 7. The third-order valence-corrected chi connectivity index (χ3v) is 4.09. The number of carbonyl (C=O) groups is 1. The van der Waals surface area contributed by atoms with Crippen LogP contribution in [0.5, 0.6) is 0 Å². The van der Waals surface area contributed by atoms with E-state index < -0.39 is 0 Å². The Morgan fingerprint density at radius 2 is 2.19 bits per heavy atom. The van der Waals surface area contributed by atoms with E-state index in [-0.39, 0.29) is 5.91 Å². The van der Waals surface area contributed by atoms with Crippen LogP contribution in [0.3, 0.4) is 0 Å². The monoisotopic (exact) mass is 354 g/mol. The Morgan fingerprint density at radius 1 is 1.43 bits per heavy atom. The predicted molar refractivity (Wildman–Crippen MR) is 88.4 cm³/mol. The zero-order chi connectivity index (χ0) is 15.1. The third kappa shape index (κ3) is 6.11. The molecule has 1 fully saturated rings. The van der Waals surface area contributed by atoms with Gasteiger partial charge in [0, 0.05) is 10.7 Å². The quantitative estimate of drug-likeness (QED) is 0.815. The number of pyridine rings is 1. The van der Waals surface area contributed by atoms with Crippen molar-refractivity contribution in [2.24, 2.45) is 0 Å². The molecule has 2 rings (SSSR count). The van der Waals surface area contributed by atoms with Gasteiger partial charge in [-0.15, -0.1) is 0 Å². The summed E-state index contributed by atoms with van der Waals surface area (Å²) in [6.45, 7) is 4.95. The number of carbonyl (C=O) groups excluding carboxylic acids is 1. The molecule has 1 aromatic rings. The van der Waals surface area contributed by atoms with E-state index >= 15 is 0 Å². The molecule has 2 heterocycles. The molecular weight excluding hydrogens is 332 g/mol. The zero-order valence-electron chi connectivity index (χ0n) is 12.5. The average molecular weight is 355 g/mol. The SMILES string of the molecule is CN(CCCN1CCCC1)CC(=O)Nc1ccc(Br)cn1. The molecule has 21 heavy (non-hydrogen) atoms. The van der Waals surface area contributed by atoms with E-state index in [0.29, 0.717) is 12.4 Å². The van der Waals surface area contributed by atoms with Crippen molar-refractivity contribution in [3.63, 3.8) is 0 Å². The van der Waals surface area contributed by atoms with Crippen molar-refractivity contribution in [3.8, 4) is 0 Å². The minimum absolute atomic E-state index is 0.0199. The van der Waals surface area contributed by atoms with Gasteiger partial charge in [0.2, 0.25) is 5.91 Å². The van der Waals surface area contributed by atoms with Crippen LogP contribution in [0.25, 0.3) is 0 Å². The van der Waals surface area contributed by atoms with Gasteiger partial charge in [0.05, 0.1) is 6.54 Å². The Morgan fingerprint density at radius 3 is 2.86 bits per heavy atom. The fourth-order valence-corrected chi connectivity index (χ4v) is 2.76. The van der Waals surface area contributed by atoms with Crippen molar-refractivity contribution < 1.29 is 4.79 Å². The second kappa shape index (κ2) is 8.46. The van der Waals surface area contributed by atoms with Gasteiger partial charge in [-0.05, 0) is 80.6 Å². The standard InChI is InChI=1S/C15H23BrN4O/c1-19(7-4-10-20-8-2-3-9-20)12-15(21)18-14-6-5-13(16)11-17-14/h5-6,11H,2-4,7-10,12H2,1H3,(H,17,18,21). The Labute approximate surface area is 134 Å². The maximum absolute atomic E-state index is 11.9. The summed E-state index contributed by atoms with van der Waals surface area (Å²) in [7, 11) is 1.98. The number of nitrogens with zero attached hydrogens (tertiary/aromatic N) is 3. The number of anilines is 1. The lowest BCUT2D eigenvalue weighted by Crippen LogP contribution is -2.32. The Hall–Kier alpha value is -0.980. The molecule has 0 aliphatic carbocycles. The third-order valence-electron chi connectivity index (χ3n) is 3.62. The first-order valence-corrected chi connectivity index (χ1v) is 8.25. The number of nitrogens with one attached hydrogen (secondary N) is 1. The van der Waals surface area contributed by atoms with Crippen molar-refractivity contribution in [2.45, 2.75) is 19.3 Å². The molecule has 0 radical (unpaired) electrons. The topological polar surface area (TPSA) is 48.5 Å². The van der Waals surface area contributed by atoms with E-state index in [1.807, 2.05) is 13.1 Å². The molecule has 116 valence electrons. The summed E-state index contributed by atoms with van der Waals surface area (Å²) in [6.07, 6.45) is 5.45. The Balaban J connectivity index is 1.63. The molecule has 0 saturated carbocycles. The highest BCUT2D eigenvalue weighted by molar-refractivity contribution is 9.10. The smallest absolute Gasteiger partial charge is 0.239 e. The van der Waals surface area contributed by atoms with E-state index in [2.05, 4.69) is 36.0 Å². The highest BCUT2D eigenvalue weighted by Gasteiger charge is 2.12. The minimum Gasteiger partial charge on any atom is -0.310 e. The van der Waals surface area contributed by atoms with Crippen LogP contribution in [-0.2, 0) is 4.79 Å². The van der Waals surface area contributed by atoms with E-state index in [9.17, 15) is 4.79 Å². The van der Waals surface area contributed by atoms with Crippen LogP contribution in [-0.4, -0.2) is 60.5 Å². The van der Waals surface area contributed by atoms with Crippen LogP contribution in [0.2, 0.25) is 0 Å². The van der Waals surface area contributed by atoms with Crippen molar-refractivity contribution in [1.29, 1.82) is 0 Å². The molecular formula is C15H23BrN4O. The Kier molecular flexibility index (Phi) is 6.60. The molecule has 1 aromatic heterocycles. The molecule has 1 saturated heterocycles. The van der Waals surface area contributed by atoms with Crippen LogP contribution in [0.1, 0.15) is 19.3 Å². The first-order valence-electron chi connectivity index (χ1n) is 7.46. The van der Waals surface area contributed by atoms with Gasteiger partial charge in [-0.1, -0.05) is 0 Å². The van der Waals surface area contributed by atoms with Crippen LogP contribution in [0.4, 0.5) is 5.82 Å². The van der Waals surface area contributed by atoms with Crippen LogP contribution >= 0.6 is 15.9 Å². The Bertz CT molecular complexity index is 445. The maximum Gasteiger partial charge on any atom is 0.239 e. The minimum atomic E-state index is -0.0199. The van der Waals surface area contributed by atoms with Crippen molar-refractivity contribution in [1.82, 2.24) is 14.8 Å². The molecule has 0 bridgehead atoms. The van der Waals surface area contributed by atoms with E-state index in [4.69, 9.17) is 0 Å². The van der Waals surface area contributed by atoms with Gasteiger partial charge in [0.1, 0.15) is 5.82 Å². The van der Waals surface area contributed by atoms with Crippen molar-refractivity contribution >= 4 is 27.7 Å². The number of halogens is 1. The van der Waals surface area contributed by atoms with Crippen LogP contribution in [0, 0.1) is 0 Å². The first kappa shape index (κ1) is 16.4. The largest absolute Gasteiger partial charge is 0.310 e. The number of amides is 1. The second-order valence-corrected chi connectivity index (χ2v) is 6.47. The maximum atomic E-state index is 11.9.